The average molecular weight is 372 g/mol. The molecule has 126 valence electrons. The van der Waals surface area contributed by atoms with Crippen molar-refractivity contribution >= 4 is 46.8 Å². The minimum atomic E-state index is 0.0462. The van der Waals surface area contributed by atoms with Gasteiger partial charge in [-0.15, -0.1) is 0 Å². The number of carbonyl (C=O) groups excluding carboxylic acids is 1. The van der Waals surface area contributed by atoms with Gasteiger partial charge in [-0.05, 0) is 25.3 Å². The highest BCUT2D eigenvalue weighted by Gasteiger charge is 2.20. The van der Waals surface area contributed by atoms with Crippen LogP contribution < -0.4 is 5.32 Å². The second-order valence-electron chi connectivity index (χ2n) is 5.86. The van der Waals surface area contributed by atoms with Crippen LogP contribution >= 0.6 is 35.1 Å². The molecule has 2 fully saturated rings. The van der Waals surface area contributed by atoms with Crippen LogP contribution in [-0.2, 0) is 0 Å². The maximum absolute atomic E-state index is 12.5. The van der Waals surface area contributed by atoms with Crippen molar-refractivity contribution in [2.45, 2.75) is 24.5 Å². The number of amides is 1. The van der Waals surface area contributed by atoms with Crippen LogP contribution in [0, 0.1) is 0 Å². The Hall–Kier alpha value is -0.590. The van der Waals surface area contributed by atoms with Crippen molar-refractivity contribution in [2.75, 3.05) is 42.2 Å². The molecule has 0 saturated carbocycles. The van der Waals surface area contributed by atoms with E-state index in [0.717, 1.165) is 32.5 Å². The van der Waals surface area contributed by atoms with Gasteiger partial charge in [-0.2, -0.15) is 23.5 Å². The van der Waals surface area contributed by atoms with Gasteiger partial charge in [-0.3, -0.25) is 4.79 Å². The summed E-state index contributed by atoms with van der Waals surface area (Å²) >= 11 is 10.3. The first-order valence-electron chi connectivity index (χ1n) is 8.12. The number of carbonyl (C=O) groups is 1. The number of anilines is 1. The van der Waals surface area contributed by atoms with Crippen LogP contribution in [0.2, 0.25) is 5.02 Å². The van der Waals surface area contributed by atoms with Gasteiger partial charge < -0.3 is 10.2 Å². The van der Waals surface area contributed by atoms with Crippen molar-refractivity contribution < 1.29 is 4.79 Å². The molecular formula is C16H22ClN3OS2. The maximum Gasteiger partial charge on any atom is 0.255 e. The van der Waals surface area contributed by atoms with Crippen molar-refractivity contribution in [3.05, 3.63) is 22.8 Å². The zero-order chi connectivity index (χ0) is 16.1. The van der Waals surface area contributed by atoms with E-state index in [1.807, 2.05) is 28.4 Å². The summed E-state index contributed by atoms with van der Waals surface area (Å²) < 4.78 is 0. The lowest BCUT2D eigenvalue weighted by Gasteiger charge is -2.26. The first-order valence-corrected chi connectivity index (χ1v) is 10.7. The van der Waals surface area contributed by atoms with E-state index in [1.165, 1.54) is 23.7 Å². The highest BCUT2D eigenvalue weighted by atomic mass is 35.5. The molecule has 3 heterocycles. The lowest BCUT2D eigenvalue weighted by Crippen LogP contribution is -2.35. The normalized spacial score (nSPS) is 22.0. The second-order valence-corrected chi connectivity index (χ2v) is 8.82. The molecule has 2 aliphatic heterocycles. The van der Waals surface area contributed by atoms with Crippen molar-refractivity contribution in [3.8, 4) is 0 Å². The van der Waals surface area contributed by atoms with Crippen molar-refractivity contribution in [1.29, 1.82) is 0 Å². The number of halogens is 1. The summed E-state index contributed by atoms with van der Waals surface area (Å²) in [7, 11) is 0. The number of thioether (sulfide) groups is 2. The number of hydrogen-bond acceptors (Lipinski definition) is 5. The van der Waals surface area contributed by atoms with Gasteiger partial charge in [0.2, 0.25) is 0 Å². The molecule has 1 atom stereocenters. The number of rotatable bonds is 4. The van der Waals surface area contributed by atoms with Crippen LogP contribution in [0.15, 0.2) is 12.3 Å². The first kappa shape index (κ1) is 17.2. The van der Waals surface area contributed by atoms with Gasteiger partial charge in [0.05, 0.1) is 10.6 Å². The van der Waals surface area contributed by atoms with E-state index >= 15 is 0 Å². The predicted octanol–water partition coefficient (Wildman–Crippen LogP) is 3.62. The van der Waals surface area contributed by atoms with E-state index in [2.05, 4.69) is 10.3 Å². The number of likely N-dealkylation sites (tertiary alicyclic amines) is 1. The van der Waals surface area contributed by atoms with Gasteiger partial charge in [0.15, 0.2) is 0 Å². The number of aromatic nitrogens is 1. The summed E-state index contributed by atoms with van der Waals surface area (Å²) in [5, 5.41) is 4.45. The Bertz CT molecular complexity index is 546. The molecule has 2 aliphatic rings. The van der Waals surface area contributed by atoms with E-state index < -0.39 is 0 Å². The van der Waals surface area contributed by atoms with Gasteiger partial charge in [0, 0.05) is 48.3 Å². The highest BCUT2D eigenvalue weighted by Crippen LogP contribution is 2.26. The number of hydrogen-bond donors (Lipinski definition) is 1. The summed E-state index contributed by atoms with van der Waals surface area (Å²) in [5.74, 6) is 4.35. The fraction of sp³-hybridized carbons (Fsp3) is 0.625. The molecule has 1 aromatic rings. The Morgan fingerprint density at radius 2 is 2.17 bits per heavy atom. The van der Waals surface area contributed by atoms with Gasteiger partial charge in [-0.1, -0.05) is 11.6 Å². The Balaban J connectivity index is 1.59. The minimum Gasteiger partial charge on any atom is -0.368 e. The minimum absolute atomic E-state index is 0.0462. The predicted molar refractivity (Wildman–Crippen MR) is 101 cm³/mol. The second kappa shape index (κ2) is 8.49. The molecule has 2 saturated heterocycles. The molecule has 1 amide bonds. The Kier molecular flexibility index (Phi) is 6.36. The molecule has 0 radical (unpaired) electrons. The molecule has 0 aromatic carbocycles. The topological polar surface area (TPSA) is 45.2 Å². The van der Waals surface area contributed by atoms with Gasteiger partial charge in [0.25, 0.3) is 5.91 Å². The fourth-order valence-corrected chi connectivity index (χ4v) is 5.67. The third-order valence-electron chi connectivity index (χ3n) is 4.11. The molecule has 4 nitrogen and oxygen atoms in total. The van der Waals surface area contributed by atoms with Gasteiger partial charge in [-0.25, -0.2) is 4.98 Å². The van der Waals surface area contributed by atoms with Gasteiger partial charge in [0.1, 0.15) is 5.82 Å². The Morgan fingerprint density at radius 3 is 2.87 bits per heavy atom. The van der Waals surface area contributed by atoms with Crippen LogP contribution in [-0.4, -0.2) is 57.9 Å². The summed E-state index contributed by atoms with van der Waals surface area (Å²) in [4.78, 5) is 18.7. The van der Waals surface area contributed by atoms with E-state index in [1.54, 1.807) is 12.3 Å². The SMILES string of the molecule is O=C(c1cnc(NCC2CSCCS2)c(Cl)c1)N1CCCCC1. The third kappa shape index (κ3) is 4.70. The van der Waals surface area contributed by atoms with E-state index in [9.17, 15) is 4.79 Å². The van der Waals surface area contributed by atoms with E-state index in [4.69, 9.17) is 11.6 Å². The zero-order valence-electron chi connectivity index (χ0n) is 13.1. The number of nitrogens with zero attached hydrogens (tertiary/aromatic N) is 2. The van der Waals surface area contributed by atoms with E-state index in [-0.39, 0.29) is 5.91 Å². The zero-order valence-corrected chi connectivity index (χ0v) is 15.5. The molecule has 0 aliphatic carbocycles. The molecule has 23 heavy (non-hydrogen) atoms. The standard InChI is InChI=1S/C16H22ClN3OS2/c17-14-8-12(16(21)20-4-2-1-3-5-20)9-18-15(14)19-10-13-11-22-6-7-23-13/h8-9,13H,1-7,10-11H2,(H,18,19). The molecule has 1 aromatic heterocycles. The lowest BCUT2D eigenvalue weighted by atomic mass is 10.1. The van der Waals surface area contributed by atoms with Crippen LogP contribution in [0.1, 0.15) is 29.6 Å². The van der Waals surface area contributed by atoms with Gasteiger partial charge >= 0.3 is 0 Å². The summed E-state index contributed by atoms with van der Waals surface area (Å²) in [5.41, 5.74) is 0.588. The Labute approximate surface area is 151 Å². The average Bonchev–Trinajstić information content (AvgIpc) is 2.61. The molecule has 1 N–H and O–H groups in total. The smallest absolute Gasteiger partial charge is 0.255 e. The molecule has 0 spiro atoms. The number of nitrogens with one attached hydrogen (secondary N) is 1. The molecule has 1 unspecified atom stereocenters. The van der Waals surface area contributed by atoms with Crippen LogP contribution in [0.4, 0.5) is 5.82 Å². The maximum atomic E-state index is 12.5. The quantitative estimate of drug-likeness (QED) is 0.875. The summed E-state index contributed by atoms with van der Waals surface area (Å²) in [6.07, 6.45) is 5.03. The van der Waals surface area contributed by atoms with E-state index in [0.29, 0.717) is 21.7 Å². The number of pyridine rings is 1. The lowest BCUT2D eigenvalue weighted by molar-refractivity contribution is 0.0724. The van der Waals surface area contributed by atoms with Crippen molar-refractivity contribution in [1.82, 2.24) is 9.88 Å². The molecular weight excluding hydrogens is 350 g/mol. The highest BCUT2D eigenvalue weighted by molar-refractivity contribution is 8.06. The molecule has 0 bridgehead atoms. The summed E-state index contributed by atoms with van der Waals surface area (Å²) in [6.45, 7) is 2.55. The largest absolute Gasteiger partial charge is 0.368 e. The van der Waals surface area contributed by atoms with Crippen LogP contribution in [0.5, 0.6) is 0 Å². The van der Waals surface area contributed by atoms with Crippen LogP contribution in [0.3, 0.4) is 0 Å². The van der Waals surface area contributed by atoms with Crippen molar-refractivity contribution in [3.63, 3.8) is 0 Å². The fourth-order valence-electron chi connectivity index (χ4n) is 2.83. The monoisotopic (exact) mass is 371 g/mol. The summed E-state index contributed by atoms with van der Waals surface area (Å²) in [6, 6.07) is 1.75. The van der Waals surface area contributed by atoms with Crippen LogP contribution in [0.25, 0.3) is 0 Å². The molecule has 3 rings (SSSR count). The third-order valence-corrected chi connectivity index (χ3v) is 7.25. The first-order chi connectivity index (χ1) is 11.2. The molecule has 7 heteroatoms. The van der Waals surface area contributed by atoms with Crippen molar-refractivity contribution in [2.24, 2.45) is 0 Å². The number of piperidine rings is 1. The Morgan fingerprint density at radius 1 is 1.35 bits per heavy atom.